The molecule has 1 aromatic rings. The van der Waals surface area contributed by atoms with Crippen LogP contribution in [0.1, 0.15) is 40.3 Å². The Balaban J connectivity index is 2.97. The summed E-state index contributed by atoms with van der Waals surface area (Å²) in [5, 5.41) is 9.53. The van der Waals surface area contributed by atoms with Crippen LogP contribution in [-0.2, 0) is 13.1 Å². The molecule has 114 valence electrons. The van der Waals surface area contributed by atoms with E-state index in [1.165, 1.54) is 0 Å². The van der Waals surface area contributed by atoms with Crippen LogP contribution in [-0.4, -0.2) is 27.7 Å². The molecule has 0 bridgehead atoms. The first-order valence-corrected chi connectivity index (χ1v) is 7.48. The number of nitrogens with zero attached hydrogens (tertiary/aromatic N) is 2. The summed E-state index contributed by atoms with van der Waals surface area (Å²) in [6.45, 7) is 14.4. The van der Waals surface area contributed by atoms with Crippen LogP contribution in [0.3, 0.4) is 0 Å². The molecule has 0 aliphatic rings. The van der Waals surface area contributed by atoms with Gasteiger partial charge in [-0.3, -0.25) is 9.69 Å². The fraction of sp³-hybridized carbons (Fsp3) is 0.688. The molecule has 0 saturated heterocycles. The van der Waals surface area contributed by atoms with Crippen molar-refractivity contribution in [2.45, 2.75) is 47.7 Å². The first-order valence-electron chi connectivity index (χ1n) is 7.48. The standard InChI is InChI=1S/C16H28N2O2/c1-6-18-11-16(20)15(19)7-14(18)10-17(8-12(2)3)9-13(4)5/h7,11-13,20H,6,8-10H2,1-5H3. The van der Waals surface area contributed by atoms with E-state index < -0.39 is 0 Å². The molecule has 1 heterocycles. The van der Waals surface area contributed by atoms with Crippen LogP contribution in [0.25, 0.3) is 0 Å². The minimum absolute atomic E-state index is 0.171. The van der Waals surface area contributed by atoms with Crippen molar-refractivity contribution in [3.63, 3.8) is 0 Å². The SMILES string of the molecule is CCn1cc(O)c(=O)cc1CN(CC(C)C)CC(C)C. The Morgan fingerprint density at radius 3 is 2.20 bits per heavy atom. The van der Waals surface area contributed by atoms with Gasteiger partial charge >= 0.3 is 0 Å². The Morgan fingerprint density at radius 2 is 1.75 bits per heavy atom. The smallest absolute Gasteiger partial charge is 0.223 e. The van der Waals surface area contributed by atoms with E-state index in [2.05, 4.69) is 32.6 Å². The molecule has 1 N–H and O–H groups in total. The molecule has 1 rings (SSSR count). The number of rotatable bonds is 7. The van der Waals surface area contributed by atoms with Gasteiger partial charge in [0.05, 0.1) is 6.20 Å². The van der Waals surface area contributed by atoms with E-state index >= 15 is 0 Å². The molecule has 0 atom stereocenters. The molecule has 0 unspecified atom stereocenters. The van der Waals surface area contributed by atoms with Crippen LogP contribution in [0.5, 0.6) is 5.75 Å². The number of hydrogen-bond acceptors (Lipinski definition) is 3. The lowest BCUT2D eigenvalue weighted by Crippen LogP contribution is -2.32. The average Bonchev–Trinajstić information content (AvgIpc) is 2.31. The van der Waals surface area contributed by atoms with Crippen molar-refractivity contribution in [1.29, 1.82) is 0 Å². The maximum absolute atomic E-state index is 11.7. The zero-order valence-corrected chi connectivity index (χ0v) is 13.4. The molecule has 0 aromatic carbocycles. The van der Waals surface area contributed by atoms with Gasteiger partial charge in [-0.25, -0.2) is 0 Å². The second-order valence-corrected chi connectivity index (χ2v) is 6.28. The van der Waals surface area contributed by atoms with Crippen molar-refractivity contribution in [2.24, 2.45) is 11.8 Å². The van der Waals surface area contributed by atoms with Gasteiger partial charge in [0.15, 0.2) is 5.75 Å². The van der Waals surface area contributed by atoms with Gasteiger partial charge in [0, 0.05) is 37.9 Å². The number of hydrogen-bond donors (Lipinski definition) is 1. The van der Waals surface area contributed by atoms with Gasteiger partial charge in [-0.2, -0.15) is 0 Å². The summed E-state index contributed by atoms with van der Waals surface area (Å²) in [5.41, 5.74) is 0.676. The molecule has 0 radical (unpaired) electrons. The second-order valence-electron chi connectivity index (χ2n) is 6.28. The lowest BCUT2D eigenvalue weighted by molar-refractivity contribution is 0.206. The van der Waals surface area contributed by atoms with Crippen molar-refractivity contribution < 1.29 is 5.11 Å². The van der Waals surface area contributed by atoms with Crippen molar-refractivity contribution >= 4 is 0 Å². The largest absolute Gasteiger partial charge is 0.503 e. The Labute approximate surface area is 122 Å². The van der Waals surface area contributed by atoms with Crippen LogP contribution in [0.4, 0.5) is 0 Å². The summed E-state index contributed by atoms with van der Waals surface area (Å²) in [6.07, 6.45) is 1.54. The van der Waals surface area contributed by atoms with Crippen LogP contribution in [0.2, 0.25) is 0 Å². The highest BCUT2D eigenvalue weighted by atomic mass is 16.3. The molecule has 0 fully saturated rings. The molecule has 20 heavy (non-hydrogen) atoms. The number of aromatic hydroxyl groups is 1. The third-order valence-corrected chi connectivity index (χ3v) is 3.17. The summed E-state index contributed by atoms with van der Waals surface area (Å²) in [6, 6.07) is 1.56. The van der Waals surface area contributed by atoms with Crippen molar-refractivity contribution in [1.82, 2.24) is 9.47 Å². The summed E-state index contributed by atoms with van der Waals surface area (Å²) in [5.74, 6) is 1.01. The lowest BCUT2D eigenvalue weighted by atomic mass is 10.1. The minimum atomic E-state index is -0.293. The predicted octanol–water partition coefficient (Wildman–Crippen LogP) is 2.69. The maximum Gasteiger partial charge on any atom is 0.223 e. The van der Waals surface area contributed by atoms with E-state index in [1.807, 2.05) is 11.5 Å². The minimum Gasteiger partial charge on any atom is -0.503 e. The molecule has 4 heteroatoms. The molecular formula is C16H28N2O2. The zero-order chi connectivity index (χ0) is 15.3. The van der Waals surface area contributed by atoms with E-state index in [0.717, 1.165) is 31.9 Å². The van der Waals surface area contributed by atoms with Gasteiger partial charge in [0.2, 0.25) is 5.43 Å². The third kappa shape index (κ3) is 5.00. The summed E-state index contributed by atoms with van der Waals surface area (Å²) < 4.78 is 1.95. The van der Waals surface area contributed by atoms with E-state index in [1.54, 1.807) is 12.3 Å². The Morgan fingerprint density at radius 1 is 1.20 bits per heavy atom. The highest BCUT2D eigenvalue weighted by Gasteiger charge is 2.13. The van der Waals surface area contributed by atoms with Gasteiger partial charge in [0.25, 0.3) is 0 Å². The van der Waals surface area contributed by atoms with Crippen LogP contribution in [0, 0.1) is 11.8 Å². The van der Waals surface area contributed by atoms with Crippen LogP contribution >= 0.6 is 0 Å². The maximum atomic E-state index is 11.7. The molecule has 0 amide bonds. The van der Waals surface area contributed by atoms with Crippen molar-refractivity contribution in [3.05, 3.63) is 28.2 Å². The van der Waals surface area contributed by atoms with Crippen LogP contribution in [0.15, 0.2) is 17.1 Å². The predicted molar refractivity (Wildman–Crippen MR) is 83.0 cm³/mol. The Hall–Kier alpha value is -1.29. The quantitative estimate of drug-likeness (QED) is 0.835. The van der Waals surface area contributed by atoms with Gasteiger partial charge in [0.1, 0.15) is 0 Å². The van der Waals surface area contributed by atoms with Gasteiger partial charge in [-0.05, 0) is 18.8 Å². The number of aryl methyl sites for hydroxylation is 1. The van der Waals surface area contributed by atoms with E-state index in [0.29, 0.717) is 11.8 Å². The fourth-order valence-electron chi connectivity index (χ4n) is 2.50. The monoisotopic (exact) mass is 280 g/mol. The van der Waals surface area contributed by atoms with Crippen molar-refractivity contribution in [2.75, 3.05) is 13.1 Å². The molecule has 0 aliphatic heterocycles. The zero-order valence-electron chi connectivity index (χ0n) is 13.4. The first kappa shape index (κ1) is 16.8. The van der Waals surface area contributed by atoms with Gasteiger partial charge in [-0.1, -0.05) is 27.7 Å². The van der Waals surface area contributed by atoms with Gasteiger partial charge in [-0.15, -0.1) is 0 Å². The van der Waals surface area contributed by atoms with Crippen molar-refractivity contribution in [3.8, 4) is 5.75 Å². The summed E-state index contributed by atoms with van der Waals surface area (Å²) in [7, 11) is 0. The highest BCUT2D eigenvalue weighted by molar-refractivity contribution is 5.20. The van der Waals surface area contributed by atoms with Crippen LogP contribution < -0.4 is 5.43 Å². The number of aromatic nitrogens is 1. The lowest BCUT2D eigenvalue weighted by Gasteiger charge is -2.27. The highest BCUT2D eigenvalue weighted by Crippen LogP contribution is 2.11. The molecule has 1 aromatic heterocycles. The molecule has 0 saturated carbocycles. The third-order valence-electron chi connectivity index (χ3n) is 3.17. The first-order chi connectivity index (χ1) is 9.33. The topological polar surface area (TPSA) is 45.5 Å². The molecular weight excluding hydrogens is 252 g/mol. The van der Waals surface area contributed by atoms with Gasteiger partial charge < -0.3 is 9.67 Å². The Kier molecular flexibility index (Phi) is 6.27. The molecule has 0 spiro atoms. The Bertz CT molecular complexity index is 468. The fourth-order valence-corrected chi connectivity index (χ4v) is 2.50. The summed E-state index contributed by atoms with van der Waals surface area (Å²) in [4.78, 5) is 14.0. The summed E-state index contributed by atoms with van der Waals surface area (Å²) >= 11 is 0. The number of pyridine rings is 1. The second kappa shape index (κ2) is 7.48. The normalized spacial score (nSPS) is 11.8. The van der Waals surface area contributed by atoms with E-state index in [4.69, 9.17) is 0 Å². The molecule has 4 nitrogen and oxygen atoms in total. The van der Waals surface area contributed by atoms with E-state index in [-0.39, 0.29) is 11.2 Å². The average molecular weight is 280 g/mol. The molecule has 0 aliphatic carbocycles. The van der Waals surface area contributed by atoms with E-state index in [9.17, 15) is 9.90 Å².